The van der Waals surface area contributed by atoms with Crippen LogP contribution < -0.4 is 5.73 Å². The van der Waals surface area contributed by atoms with Crippen LogP contribution in [0.5, 0.6) is 0 Å². The second kappa shape index (κ2) is 4.34. The van der Waals surface area contributed by atoms with Gasteiger partial charge in [-0.3, -0.25) is 9.78 Å². The van der Waals surface area contributed by atoms with E-state index in [-0.39, 0.29) is 0 Å². The minimum absolute atomic E-state index is 0.293. The fourth-order valence-electron chi connectivity index (χ4n) is 0.909. The molecule has 0 aromatic carbocycles. The van der Waals surface area contributed by atoms with Crippen LogP contribution in [0.2, 0.25) is 0 Å². The molecule has 0 bridgehead atoms. The Bertz CT molecular complexity index is 317. The van der Waals surface area contributed by atoms with Crippen molar-refractivity contribution >= 4 is 21.9 Å². The Kier molecular flexibility index (Phi) is 3.39. The van der Waals surface area contributed by atoms with E-state index in [1.165, 1.54) is 0 Å². The normalized spacial score (nSPS) is 12.5. The number of nitrogens with zero attached hydrogens (tertiary/aromatic N) is 1. The van der Waals surface area contributed by atoms with E-state index in [0.29, 0.717) is 6.42 Å². The van der Waals surface area contributed by atoms with Crippen molar-refractivity contribution in [3.8, 4) is 0 Å². The number of halogens is 1. The molecule has 0 spiro atoms. The summed E-state index contributed by atoms with van der Waals surface area (Å²) < 4.78 is 0.822. The average Bonchev–Trinajstić information content (AvgIpc) is 2.04. The zero-order chi connectivity index (χ0) is 9.84. The summed E-state index contributed by atoms with van der Waals surface area (Å²) in [5.41, 5.74) is 6.17. The van der Waals surface area contributed by atoms with Crippen molar-refractivity contribution < 1.29 is 9.90 Å². The Balaban J connectivity index is 2.69. The molecular weight excluding hydrogens is 236 g/mol. The minimum Gasteiger partial charge on any atom is -0.480 e. The highest BCUT2D eigenvalue weighted by atomic mass is 79.9. The molecule has 5 heteroatoms. The molecule has 0 unspecified atom stereocenters. The molecule has 0 aliphatic rings. The molecule has 3 N–H and O–H groups in total. The summed E-state index contributed by atoms with van der Waals surface area (Å²) >= 11 is 3.24. The second-order valence-corrected chi connectivity index (χ2v) is 3.58. The van der Waals surface area contributed by atoms with Gasteiger partial charge < -0.3 is 10.8 Å². The number of nitrogens with two attached hydrogens (primary N) is 1. The first-order valence-corrected chi connectivity index (χ1v) is 4.46. The zero-order valence-corrected chi connectivity index (χ0v) is 8.36. The third-order valence-corrected chi connectivity index (χ3v) is 1.97. The molecule has 0 saturated carbocycles. The van der Waals surface area contributed by atoms with Crippen molar-refractivity contribution in [2.75, 3.05) is 0 Å². The van der Waals surface area contributed by atoms with Crippen LogP contribution in [-0.4, -0.2) is 22.1 Å². The van der Waals surface area contributed by atoms with Crippen LogP contribution >= 0.6 is 15.9 Å². The smallest absolute Gasteiger partial charge is 0.320 e. The van der Waals surface area contributed by atoms with Crippen LogP contribution in [0.4, 0.5) is 0 Å². The summed E-state index contributed by atoms with van der Waals surface area (Å²) in [6.07, 6.45) is 3.53. The number of aromatic nitrogens is 1. The van der Waals surface area contributed by atoms with Crippen molar-refractivity contribution in [1.29, 1.82) is 0 Å². The summed E-state index contributed by atoms with van der Waals surface area (Å²) in [7, 11) is 0. The molecule has 4 nitrogen and oxygen atoms in total. The number of aliphatic carboxylic acids is 1. The Hall–Kier alpha value is -0.940. The maximum Gasteiger partial charge on any atom is 0.320 e. The summed E-state index contributed by atoms with van der Waals surface area (Å²) in [5, 5.41) is 8.56. The highest BCUT2D eigenvalue weighted by Crippen LogP contribution is 2.10. The monoisotopic (exact) mass is 244 g/mol. The topological polar surface area (TPSA) is 76.2 Å². The van der Waals surface area contributed by atoms with Gasteiger partial charge in [0.2, 0.25) is 0 Å². The number of hydrogen-bond acceptors (Lipinski definition) is 3. The van der Waals surface area contributed by atoms with Crippen LogP contribution in [0.1, 0.15) is 5.56 Å². The van der Waals surface area contributed by atoms with Crippen molar-refractivity contribution in [3.63, 3.8) is 0 Å². The minimum atomic E-state index is -1.00. The summed E-state index contributed by atoms with van der Waals surface area (Å²) in [4.78, 5) is 14.3. The molecule has 70 valence electrons. The molecule has 0 fully saturated rings. The van der Waals surface area contributed by atoms with E-state index in [1.54, 1.807) is 18.5 Å². The number of carbonyl (C=O) groups is 1. The van der Waals surface area contributed by atoms with Gasteiger partial charge in [-0.05, 0) is 34.0 Å². The highest BCUT2D eigenvalue weighted by molar-refractivity contribution is 9.10. The van der Waals surface area contributed by atoms with E-state index in [1.807, 2.05) is 0 Å². The van der Waals surface area contributed by atoms with Crippen LogP contribution in [-0.2, 0) is 11.2 Å². The van der Waals surface area contributed by atoms with Crippen LogP contribution in [0.15, 0.2) is 22.9 Å². The van der Waals surface area contributed by atoms with Gasteiger partial charge in [-0.2, -0.15) is 0 Å². The fourth-order valence-corrected chi connectivity index (χ4v) is 1.32. The molecule has 0 aliphatic heterocycles. The lowest BCUT2D eigenvalue weighted by Gasteiger charge is -2.05. The van der Waals surface area contributed by atoms with Crippen molar-refractivity contribution in [3.05, 3.63) is 28.5 Å². The first kappa shape index (κ1) is 10.1. The van der Waals surface area contributed by atoms with Gasteiger partial charge in [-0.15, -0.1) is 0 Å². The fraction of sp³-hybridized carbons (Fsp3) is 0.250. The first-order valence-electron chi connectivity index (χ1n) is 3.67. The number of hydrogen-bond donors (Lipinski definition) is 2. The maximum atomic E-state index is 10.4. The Morgan fingerprint density at radius 2 is 2.38 bits per heavy atom. The van der Waals surface area contributed by atoms with E-state index >= 15 is 0 Å². The van der Waals surface area contributed by atoms with Gasteiger partial charge in [0, 0.05) is 16.9 Å². The summed E-state index contributed by atoms with van der Waals surface area (Å²) in [5.74, 6) is -1.00. The predicted octanol–water partition coefficient (Wildman–Crippen LogP) is 0.798. The molecule has 1 aromatic heterocycles. The van der Waals surface area contributed by atoms with E-state index in [4.69, 9.17) is 10.8 Å². The van der Waals surface area contributed by atoms with Crippen LogP contribution in [0, 0.1) is 0 Å². The molecule has 1 rings (SSSR count). The van der Waals surface area contributed by atoms with E-state index in [2.05, 4.69) is 20.9 Å². The average molecular weight is 245 g/mol. The van der Waals surface area contributed by atoms with Gasteiger partial charge in [0.25, 0.3) is 0 Å². The van der Waals surface area contributed by atoms with Gasteiger partial charge in [-0.1, -0.05) is 0 Å². The van der Waals surface area contributed by atoms with Crippen LogP contribution in [0.25, 0.3) is 0 Å². The first-order chi connectivity index (χ1) is 6.09. The van der Waals surface area contributed by atoms with Gasteiger partial charge in [0.15, 0.2) is 0 Å². The number of rotatable bonds is 3. The Labute approximate surface area is 83.9 Å². The molecule has 1 aromatic rings. The largest absolute Gasteiger partial charge is 0.480 e. The Morgan fingerprint density at radius 3 is 2.92 bits per heavy atom. The number of pyridine rings is 1. The molecule has 0 radical (unpaired) electrons. The van der Waals surface area contributed by atoms with E-state index in [9.17, 15) is 4.79 Å². The quantitative estimate of drug-likeness (QED) is 0.825. The lowest BCUT2D eigenvalue weighted by molar-refractivity contribution is -0.138. The lowest BCUT2D eigenvalue weighted by Crippen LogP contribution is -2.32. The SMILES string of the molecule is N[C@@H](Cc1cncc(Br)c1)C(=O)O. The lowest BCUT2D eigenvalue weighted by atomic mass is 10.1. The highest BCUT2D eigenvalue weighted by Gasteiger charge is 2.11. The molecule has 0 aliphatic carbocycles. The predicted molar refractivity (Wildman–Crippen MR) is 51.3 cm³/mol. The van der Waals surface area contributed by atoms with Gasteiger partial charge >= 0.3 is 5.97 Å². The number of carboxylic acids is 1. The second-order valence-electron chi connectivity index (χ2n) is 2.66. The Morgan fingerprint density at radius 1 is 1.69 bits per heavy atom. The number of carboxylic acid groups (broad SMARTS) is 1. The molecule has 13 heavy (non-hydrogen) atoms. The van der Waals surface area contributed by atoms with Gasteiger partial charge in [-0.25, -0.2) is 0 Å². The van der Waals surface area contributed by atoms with Gasteiger partial charge in [0.05, 0.1) is 0 Å². The third-order valence-electron chi connectivity index (χ3n) is 1.53. The van der Waals surface area contributed by atoms with Crippen molar-refractivity contribution in [2.24, 2.45) is 5.73 Å². The van der Waals surface area contributed by atoms with Crippen molar-refractivity contribution in [1.82, 2.24) is 4.98 Å². The summed E-state index contributed by atoms with van der Waals surface area (Å²) in [6, 6.07) is 0.937. The maximum absolute atomic E-state index is 10.4. The molecular formula is C8H9BrN2O2. The van der Waals surface area contributed by atoms with Crippen molar-refractivity contribution in [2.45, 2.75) is 12.5 Å². The summed E-state index contributed by atoms with van der Waals surface area (Å²) in [6.45, 7) is 0. The van der Waals surface area contributed by atoms with Crippen LogP contribution in [0.3, 0.4) is 0 Å². The zero-order valence-electron chi connectivity index (χ0n) is 6.77. The van der Waals surface area contributed by atoms with E-state index in [0.717, 1.165) is 10.0 Å². The van der Waals surface area contributed by atoms with E-state index < -0.39 is 12.0 Å². The van der Waals surface area contributed by atoms with Gasteiger partial charge in [0.1, 0.15) is 6.04 Å². The standard InChI is InChI=1S/C8H9BrN2O2/c9-6-1-5(3-11-4-6)2-7(10)8(12)13/h1,3-4,7H,2,10H2,(H,12,13)/t7-/m0/s1. The molecule has 1 atom stereocenters. The molecule has 0 amide bonds. The molecule has 0 saturated heterocycles. The molecule has 1 heterocycles. The third kappa shape index (κ3) is 3.12.